The number of nitrogens with two attached hydrogens (primary N) is 1. The van der Waals surface area contributed by atoms with Crippen molar-refractivity contribution in [1.82, 2.24) is 9.80 Å². The van der Waals surface area contributed by atoms with Gasteiger partial charge in [-0.3, -0.25) is 9.69 Å². The summed E-state index contributed by atoms with van der Waals surface area (Å²) in [4.78, 5) is 16.1. The largest absolute Gasteiger partial charge is 0.339 e. The molecule has 0 aromatic carbocycles. The third-order valence-electron chi connectivity index (χ3n) is 3.58. The SMILES string of the molecule is CC(C)N(C)CC(=O)N1CC(CN)CC1C.Cl.Cl. The summed E-state index contributed by atoms with van der Waals surface area (Å²) < 4.78 is 0. The maximum absolute atomic E-state index is 12.1. The molecule has 1 rings (SSSR count). The Morgan fingerprint density at radius 3 is 2.39 bits per heavy atom. The van der Waals surface area contributed by atoms with Crippen LogP contribution in [-0.2, 0) is 4.79 Å². The van der Waals surface area contributed by atoms with Crippen LogP contribution in [0, 0.1) is 5.92 Å². The Bertz CT molecular complexity index is 251. The van der Waals surface area contributed by atoms with Gasteiger partial charge in [0.05, 0.1) is 6.54 Å². The van der Waals surface area contributed by atoms with Gasteiger partial charge in [-0.25, -0.2) is 0 Å². The van der Waals surface area contributed by atoms with Crippen LogP contribution in [-0.4, -0.2) is 54.5 Å². The van der Waals surface area contributed by atoms with E-state index in [9.17, 15) is 4.79 Å². The van der Waals surface area contributed by atoms with E-state index in [1.807, 2.05) is 11.9 Å². The zero-order valence-electron chi connectivity index (χ0n) is 11.8. The molecule has 2 unspecified atom stereocenters. The molecule has 1 fully saturated rings. The number of likely N-dealkylation sites (tertiary alicyclic amines) is 1. The molecular weight excluding hydrogens is 273 g/mol. The predicted octanol–water partition coefficient (Wildman–Crippen LogP) is 1.37. The summed E-state index contributed by atoms with van der Waals surface area (Å²) in [6.45, 7) is 8.35. The van der Waals surface area contributed by atoms with Gasteiger partial charge in [-0.05, 0) is 46.7 Å². The maximum Gasteiger partial charge on any atom is 0.236 e. The second-order valence-corrected chi connectivity index (χ2v) is 5.24. The van der Waals surface area contributed by atoms with E-state index in [0.29, 0.717) is 31.1 Å². The molecule has 1 saturated heterocycles. The Balaban J connectivity index is 0. The smallest absolute Gasteiger partial charge is 0.236 e. The van der Waals surface area contributed by atoms with Crippen LogP contribution >= 0.6 is 24.8 Å². The van der Waals surface area contributed by atoms with Gasteiger partial charge in [0.2, 0.25) is 5.91 Å². The van der Waals surface area contributed by atoms with Crippen LogP contribution in [0.15, 0.2) is 0 Å². The van der Waals surface area contributed by atoms with E-state index >= 15 is 0 Å². The van der Waals surface area contributed by atoms with Crippen LogP contribution in [0.4, 0.5) is 0 Å². The maximum atomic E-state index is 12.1. The highest BCUT2D eigenvalue weighted by molar-refractivity contribution is 5.85. The van der Waals surface area contributed by atoms with Crippen LogP contribution in [0.3, 0.4) is 0 Å². The van der Waals surface area contributed by atoms with Crippen LogP contribution < -0.4 is 5.73 Å². The molecule has 0 bridgehead atoms. The molecule has 6 heteroatoms. The van der Waals surface area contributed by atoms with E-state index in [-0.39, 0.29) is 30.7 Å². The minimum absolute atomic E-state index is 0. The average molecular weight is 300 g/mol. The Hall–Kier alpha value is -0.0300. The molecule has 0 aromatic rings. The lowest BCUT2D eigenvalue weighted by molar-refractivity contribution is -0.133. The van der Waals surface area contributed by atoms with E-state index < -0.39 is 0 Å². The third-order valence-corrected chi connectivity index (χ3v) is 3.58. The fraction of sp³-hybridized carbons (Fsp3) is 0.917. The quantitative estimate of drug-likeness (QED) is 0.853. The monoisotopic (exact) mass is 299 g/mol. The van der Waals surface area contributed by atoms with Crippen molar-refractivity contribution in [3.05, 3.63) is 0 Å². The number of likely N-dealkylation sites (N-methyl/N-ethyl adjacent to an activating group) is 1. The lowest BCUT2D eigenvalue weighted by Crippen LogP contribution is -2.42. The lowest BCUT2D eigenvalue weighted by atomic mass is 10.1. The minimum atomic E-state index is 0. The number of halogens is 2. The zero-order chi connectivity index (χ0) is 12.3. The number of carbonyl (C=O) groups excluding carboxylic acids is 1. The highest BCUT2D eigenvalue weighted by Crippen LogP contribution is 2.22. The molecule has 1 aliphatic heterocycles. The number of hydrogen-bond donors (Lipinski definition) is 1. The Labute approximate surface area is 123 Å². The van der Waals surface area contributed by atoms with Gasteiger partial charge in [0.1, 0.15) is 0 Å². The van der Waals surface area contributed by atoms with Crippen LogP contribution in [0.1, 0.15) is 27.2 Å². The van der Waals surface area contributed by atoms with Crippen molar-refractivity contribution in [1.29, 1.82) is 0 Å². The molecule has 0 radical (unpaired) electrons. The van der Waals surface area contributed by atoms with Crippen molar-refractivity contribution in [3.8, 4) is 0 Å². The first-order valence-corrected chi connectivity index (χ1v) is 6.15. The molecule has 1 aliphatic rings. The summed E-state index contributed by atoms with van der Waals surface area (Å²) in [7, 11) is 1.99. The summed E-state index contributed by atoms with van der Waals surface area (Å²) in [5.74, 6) is 0.725. The minimum Gasteiger partial charge on any atom is -0.339 e. The number of amides is 1. The van der Waals surface area contributed by atoms with Crippen molar-refractivity contribution in [2.45, 2.75) is 39.3 Å². The Morgan fingerprint density at radius 2 is 2.00 bits per heavy atom. The fourth-order valence-electron chi connectivity index (χ4n) is 2.15. The van der Waals surface area contributed by atoms with Gasteiger partial charge >= 0.3 is 0 Å². The number of carbonyl (C=O) groups is 1. The van der Waals surface area contributed by atoms with Crippen molar-refractivity contribution >= 4 is 30.7 Å². The highest BCUT2D eigenvalue weighted by Gasteiger charge is 2.31. The first kappa shape index (κ1) is 20.3. The molecule has 0 spiro atoms. The van der Waals surface area contributed by atoms with E-state index in [1.54, 1.807) is 0 Å². The second kappa shape index (κ2) is 8.97. The standard InChI is InChI=1S/C12H25N3O.2ClH/c1-9(2)14(4)8-12(16)15-7-11(6-13)5-10(15)3;;/h9-11H,5-8,13H2,1-4H3;2*1H. The summed E-state index contributed by atoms with van der Waals surface area (Å²) in [6.07, 6.45) is 1.05. The van der Waals surface area contributed by atoms with E-state index in [4.69, 9.17) is 5.73 Å². The first-order valence-electron chi connectivity index (χ1n) is 6.15. The number of hydrogen-bond acceptors (Lipinski definition) is 3. The van der Waals surface area contributed by atoms with E-state index in [0.717, 1.165) is 13.0 Å². The Kier molecular flexibility index (Phi) is 10.1. The van der Waals surface area contributed by atoms with Crippen LogP contribution in [0.5, 0.6) is 0 Å². The average Bonchev–Trinajstić information content (AvgIpc) is 2.59. The zero-order valence-corrected chi connectivity index (χ0v) is 13.4. The van der Waals surface area contributed by atoms with E-state index in [2.05, 4.69) is 25.7 Å². The normalized spacial score (nSPS) is 22.9. The molecule has 0 aromatic heterocycles. The van der Waals surface area contributed by atoms with Crippen LogP contribution in [0.2, 0.25) is 0 Å². The molecule has 0 aliphatic carbocycles. The van der Waals surface area contributed by atoms with Crippen LogP contribution in [0.25, 0.3) is 0 Å². The van der Waals surface area contributed by atoms with Gasteiger partial charge in [-0.2, -0.15) is 0 Å². The highest BCUT2D eigenvalue weighted by atomic mass is 35.5. The molecule has 1 heterocycles. The van der Waals surface area contributed by atoms with Gasteiger partial charge in [0.15, 0.2) is 0 Å². The molecule has 1 amide bonds. The number of rotatable bonds is 4. The third kappa shape index (κ3) is 5.31. The first-order chi connectivity index (χ1) is 7.45. The van der Waals surface area contributed by atoms with Gasteiger partial charge in [0, 0.05) is 18.6 Å². The lowest BCUT2D eigenvalue weighted by Gasteiger charge is -2.26. The van der Waals surface area contributed by atoms with Gasteiger partial charge in [-0.1, -0.05) is 0 Å². The summed E-state index contributed by atoms with van der Waals surface area (Å²) >= 11 is 0. The van der Waals surface area contributed by atoms with Gasteiger partial charge in [0.25, 0.3) is 0 Å². The van der Waals surface area contributed by atoms with Crippen molar-refractivity contribution in [2.24, 2.45) is 11.7 Å². The molecule has 4 nitrogen and oxygen atoms in total. The van der Waals surface area contributed by atoms with Gasteiger partial charge < -0.3 is 10.6 Å². The second-order valence-electron chi connectivity index (χ2n) is 5.24. The molecule has 110 valence electrons. The van der Waals surface area contributed by atoms with Gasteiger partial charge in [-0.15, -0.1) is 24.8 Å². The van der Waals surface area contributed by atoms with Crippen molar-refractivity contribution in [2.75, 3.05) is 26.7 Å². The predicted molar refractivity (Wildman–Crippen MR) is 80.6 cm³/mol. The summed E-state index contributed by atoms with van der Waals surface area (Å²) in [5.41, 5.74) is 5.66. The molecule has 2 atom stereocenters. The summed E-state index contributed by atoms with van der Waals surface area (Å²) in [6, 6.07) is 0.758. The molecule has 2 N–H and O–H groups in total. The number of nitrogens with zero attached hydrogens (tertiary/aromatic N) is 2. The molecule has 0 saturated carbocycles. The van der Waals surface area contributed by atoms with E-state index in [1.165, 1.54) is 0 Å². The molecular formula is C12H27Cl2N3O. The molecule has 18 heavy (non-hydrogen) atoms. The Morgan fingerprint density at radius 1 is 1.44 bits per heavy atom. The summed E-state index contributed by atoms with van der Waals surface area (Å²) in [5, 5.41) is 0. The van der Waals surface area contributed by atoms with Crippen molar-refractivity contribution < 1.29 is 4.79 Å². The topological polar surface area (TPSA) is 49.6 Å². The van der Waals surface area contributed by atoms with Crippen molar-refractivity contribution in [3.63, 3.8) is 0 Å². The fourth-order valence-corrected chi connectivity index (χ4v) is 2.15.